The molecular formula is C10H16ClN3. The van der Waals surface area contributed by atoms with Gasteiger partial charge in [0, 0.05) is 12.6 Å². The first-order chi connectivity index (χ1) is 6.66. The zero-order valence-electron chi connectivity index (χ0n) is 8.41. The first-order valence-electron chi connectivity index (χ1n) is 5.12. The molecule has 2 N–H and O–H groups in total. The van der Waals surface area contributed by atoms with Gasteiger partial charge in [-0.25, -0.2) is 4.98 Å². The minimum absolute atomic E-state index is 0.285. The maximum atomic E-state index is 6.00. The van der Waals surface area contributed by atoms with Crippen LogP contribution in [0.25, 0.3) is 0 Å². The van der Waals surface area contributed by atoms with E-state index in [9.17, 15) is 0 Å². The number of rotatable bonds is 2. The molecule has 2 heterocycles. The minimum Gasteiger partial charge on any atom is -0.333 e. The molecule has 2 rings (SSSR count). The standard InChI is InChI=1S/C10H16ClN3/c1-7(12)4-8-2-3-14-6-13-10(11)9(14)5-8/h6-8H,2-5,12H2,1H3. The van der Waals surface area contributed by atoms with Gasteiger partial charge in [-0.3, -0.25) is 0 Å². The third kappa shape index (κ3) is 1.93. The van der Waals surface area contributed by atoms with Crippen LogP contribution in [-0.4, -0.2) is 15.6 Å². The maximum Gasteiger partial charge on any atom is 0.150 e. The van der Waals surface area contributed by atoms with Crippen molar-refractivity contribution in [1.82, 2.24) is 9.55 Å². The lowest BCUT2D eigenvalue weighted by molar-refractivity contribution is 0.349. The van der Waals surface area contributed by atoms with Gasteiger partial charge in [0.25, 0.3) is 0 Å². The van der Waals surface area contributed by atoms with Gasteiger partial charge in [0.05, 0.1) is 12.0 Å². The first kappa shape index (κ1) is 9.99. The number of hydrogen-bond acceptors (Lipinski definition) is 2. The molecule has 0 radical (unpaired) electrons. The summed E-state index contributed by atoms with van der Waals surface area (Å²) in [7, 11) is 0. The Bertz CT molecular complexity index is 319. The van der Waals surface area contributed by atoms with Crippen molar-refractivity contribution in [1.29, 1.82) is 0 Å². The third-order valence-electron chi connectivity index (χ3n) is 2.86. The van der Waals surface area contributed by atoms with Crippen molar-refractivity contribution in [2.75, 3.05) is 0 Å². The number of fused-ring (bicyclic) bond motifs is 1. The highest BCUT2D eigenvalue weighted by Crippen LogP contribution is 2.27. The Hall–Kier alpha value is -0.540. The van der Waals surface area contributed by atoms with Crippen LogP contribution in [-0.2, 0) is 13.0 Å². The van der Waals surface area contributed by atoms with Gasteiger partial charge in [-0.15, -0.1) is 0 Å². The molecule has 0 amide bonds. The topological polar surface area (TPSA) is 43.8 Å². The van der Waals surface area contributed by atoms with Gasteiger partial charge in [-0.2, -0.15) is 0 Å². The van der Waals surface area contributed by atoms with Crippen LogP contribution in [0.4, 0.5) is 0 Å². The van der Waals surface area contributed by atoms with Crippen molar-refractivity contribution < 1.29 is 0 Å². The summed E-state index contributed by atoms with van der Waals surface area (Å²) in [5.41, 5.74) is 6.99. The fourth-order valence-corrected chi connectivity index (χ4v) is 2.43. The lowest BCUT2D eigenvalue weighted by Crippen LogP contribution is -2.25. The van der Waals surface area contributed by atoms with E-state index in [4.69, 9.17) is 17.3 Å². The number of aromatic nitrogens is 2. The van der Waals surface area contributed by atoms with E-state index in [0.717, 1.165) is 19.4 Å². The van der Waals surface area contributed by atoms with E-state index in [1.165, 1.54) is 12.1 Å². The fraction of sp³-hybridized carbons (Fsp3) is 0.700. The summed E-state index contributed by atoms with van der Waals surface area (Å²) < 4.78 is 2.15. The molecule has 0 spiro atoms. The maximum absolute atomic E-state index is 6.00. The summed E-state index contributed by atoms with van der Waals surface area (Å²) >= 11 is 6.00. The predicted molar refractivity (Wildman–Crippen MR) is 57.3 cm³/mol. The highest BCUT2D eigenvalue weighted by Gasteiger charge is 2.21. The number of imidazole rings is 1. The monoisotopic (exact) mass is 213 g/mol. The second-order valence-corrected chi connectivity index (χ2v) is 4.61. The van der Waals surface area contributed by atoms with Crippen LogP contribution in [0.1, 0.15) is 25.5 Å². The van der Waals surface area contributed by atoms with E-state index in [0.29, 0.717) is 11.1 Å². The SMILES string of the molecule is CC(N)CC1CCn2cnc(Cl)c2C1. The Balaban J connectivity index is 2.08. The summed E-state index contributed by atoms with van der Waals surface area (Å²) in [6.45, 7) is 3.10. The van der Waals surface area contributed by atoms with Gasteiger partial charge in [-0.1, -0.05) is 11.6 Å². The molecule has 0 saturated carbocycles. The molecule has 0 aliphatic carbocycles. The summed E-state index contributed by atoms with van der Waals surface area (Å²) in [6, 6.07) is 0.285. The molecular weight excluding hydrogens is 198 g/mol. The van der Waals surface area contributed by atoms with Crippen LogP contribution >= 0.6 is 11.6 Å². The fourth-order valence-electron chi connectivity index (χ4n) is 2.20. The molecule has 0 bridgehead atoms. The molecule has 1 aromatic heterocycles. The van der Waals surface area contributed by atoms with Crippen LogP contribution in [0.3, 0.4) is 0 Å². The zero-order valence-corrected chi connectivity index (χ0v) is 9.17. The van der Waals surface area contributed by atoms with Gasteiger partial charge >= 0.3 is 0 Å². The summed E-state index contributed by atoms with van der Waals surface area (Å²) in [6.07, 6.45) is 5.14. The van der Waals surface area contributed by atoms with Crippen LogP contribution in [0, 0.1) is 5.92 Å². The van der Waals surface area contributed by atoms with E-state index < -0.39 is 0 Å². The quantitative estimate of drug-likeness (QED) is 0.815. The summed E-state index contributed by atoms with van der Waals surface area (Å²) in [5, 5.41) is 0.666. The van der Waals surface area contributed by atoms with Gasteiger partial charge in [0.1, 0.15) is 5.15 Å². The van der Waals surface area contributed by atoms with Crippen LogP contribution in [0.5, 0.6) is 0 Å². The molecule has 78 valence electrons. The highest BCUT2D eigenvalue weighted by molar-refractivity contribution is 6.30. The van der Waals surface area contributed by atoms with Crippen molar-refractivity contribution in [2.45, 2.75) is 38.8 Å². The lowest BCUT2D eigenvalue weighted by Gasteiger charge is -2.25. The molecule has 0 aromatic carbocycles. The van der Waals surface area contributed by atoms with Crippen LogP contribution in [0.2, 0.25) is 5.15 Å². The molecule has 0 fully saturated rings. The van der Waals surface area contributed by atoms with Crippen LogP contribution < -0.4 is 5.73 Å². The Kier molecular flexibility index (Phi) is 2.79. The van der Waals surface area contributed by atoms with Gasteiger partial charge < -0.3 is 10.3 Å². The number of nitrogens with two attached hydrogens (primary N) is 1. The van der Waals surface area contributed by atoms with Gasteiger partial charge in [0.15, 0.2) is 0 Å². The number of hydrogen-bond donors (Lipinski definition) is 1. The third-order valence-corrected chi connectivity index (χ3v) is 3.18. The lowest BCUT2D eigenvalue weighted by atomic mass is 9.90. The van der Waals surface area contributed by atoms with Crippen molar-refractivity contribution in [3.8, 4) is 0 Å². The largest absolute Gasteiger partial charge is 0.333 e. The normalized spacial score (nSPS) is 23.2. The van der Waals surface area contributed by atoms with E-state index in [1.807, 2.05) is 6.33 Å². The molecule has 2 unspecified atom stereocenters. The Labute approximate surface area is 89.3 Å². The zero-order chi connectivity index (χ0) is 10.1. The number of aryl methyl sites for hydroxylation is 1. The molecule has 0 saturated heterocycles. The summed E-state index contributed by atoms with van der Waals surface area (Å²) in [5.74, 6) is 0.677. The van der Waals surface area contributed by atoms with Gasteiger partial charge in [0.2, 0.25) is 0 Å². The van der Waals surface area contributed by atoms with Crippen molar-refractivity contribution >= 4 is 11.6 Å². The predicted octanol–water partition coefficient (Wildman–Crippen LogP) is 1.84. The second-order valence-electron chi connectivity index (χ2n) is 4.25. The van der Waals surface area contributed by atoms with Crippen molar-refractivity contribution in [3.05, 3.63) is 17.2 Å². The molecule has 4 heteroatoms. The van der Waals surface area contributed by atoms with E-state index in [1.54, 1.807) is 0 Å². The molecule has 1 aromatic rings. The van der Waals surface area contributed by atoms with Crippen molar-refractivity contribution in [2.24, 2.45) is 11.7 Å². The molecule has 14 heavy (non-hydrogen) atoms. The molecule has 3 nitrogen and oxygen atoms in total. The second kappa shape index (κ2) is 3.91. The van der Waals surface area contributed by atoms with Crippen LogP contribution in [0.15, 0.2) is 6.33 Å². The molecule has 1 aliphatic heterocycles. The van der Waals surface area contributed by atoms with E-state index >= 15 is 0 Å². The average Bonchev–Trinajstić information content (AvgIpc) is 2.47. The Morgan fingerprint density at radius 2 is 2.57 bits per heavy atom. The average molecular weight is 214 g/mol. The Morgan fingerprint density at radius 1 is 1.79 bits per heavy atom. The van der Waals surface area contributed by atoms with E-state index in [2.05, 4.69) is 16.5 Å². The summed E-state index contributed by atoms with van der Waals surface area (Å²) in [4.78, 5) is 4.11. The van der Waals surface area contributed by atoms with Crippen molar-refractivity contribution in [3.63, 3.8) is 0 Å². The van der Waals surface area contributed by atoms with Gasteiger partial charge in [-0.05, 0) is 32.1 Å². The Morgan fingerprint density at radius 3 is 3.29 bits per heavy atom. The smallest absolute Gasteiger partial charge is 0.150 e. The highest BCUT2D eigenvalue weighted by atomic mass is 35.5. The first-order valence-corrected chi connectivity index (χ1v) is 5.49. The minimum atomic E-state index is 0.285. The van der Waals surface area contributed by atoms with E-state index in [-0.39, 0.29) is 6.04 Å². The number of halogens is 1. The molecule has 1 aliphatic rings. The number of nitrogens with zero attached hydrogens (tertiary/aromatic N) is 2. The molecule has 2 atom stereocenters.